The first-order chi connectivity index (χ1) is 7.13. The monoisotopic (exact) mass is 229 g/mol. The molecule has 0 saturated carbocycles. The average Bonchev–Trinajstić information content (AvgIpc) is 2.26. The Labute approximate surface area is 96.2 Å². The SMILES string of the molecule is CNC(=O)CCN1CCCC(C(N)=S)C1. The average molecular weight is 229 g/mol. The number of hydrogen-bond donors (Lipinski definition) is 2. The molecule has 5 heteroatoms. The first-order valence-electron chi connectivity index (χ1n) is 5.35. The maximum Gasteiger partial charge on any atom is 0.221 e. The van der Waals surface area contributed by atoms with E-state index in [0.717, 1.165) is 32.5 Å². The Morgan fingerprint density at radius 3 is 3.00 bits per heavy atom. The second-order valence-electron chi connectivity index (χ2n) is 3.97. The van der Waals surface area contributed by atoms with Crippen molar-refractivity contribution in [2.24, 2.45) is 11.7 Å². The van der Waals surface area contributed by atoms with Gasteiger partial charge in [0, 0.05) is 32.5 Å². The molecule has 15 heavy (non-hydrogen) atoms. The molecule has 3 N–H and O–H groups in total. The van der Waals surface area contributed by atoms with Gasteiger partial charge in [0.1, 0.15) is 0 Å². The molecule has 0 radical (unpaired) electrons. The Morgan fingerprint density at radius 2 is 2.40 bits per heavy atom. The number of carbonyl (C=O) groups excluding carboxylic acids is 1. The maximum absolute atomic E-state index is 11.1. The first-order valence-corrected chi connectivity index (χ1v) is 5.76. The van der Waals surface area contributed by atoms with E-state index >= 15 is 0 Å². The molecule has 1 amide bonds. The predicted molar refractivity (Wildman–Crippen MR) is 64.6 cm³/mol. The molecule has 1 fully saturated rings. The normalized spacial score (nSPS) is 22.3. The van der Waals surface area contributed by atoms with E-state index in [-0.39, 0.29) is 5.91 Å². The van der Waals surface area contributed by atoms with Crippen molar-refractivity contribution in [3.05, 3.63) is 0 Å². The van der Waals surface area contributed by atoms with Crippen LogP contribution in [0.5, 0.6) is 0 Å². The quantitative estimate of drug-likeness (QED) is 0.672. The Balaban J connectivity index is 2.30. The number of carbonyl (C=O) groups is 1. The fourth-order valence-electron chi connectivity index (χ4n) is 1.88. The third-order valence-corrected chi connectivity index (χ3v) is 3.18. The lowest BCUT2D eigenvalue weighted by molar-refractivity contribution is -0.121. The summed E-state index contributed by atoms with van der Waals surface area (Å²) in [7, 11) is 1.66. The van der Waals surface area contributed by atoms with Crippen molar-refractivity contribution in [3.63, 3.8) is 0 Å². The fourth-order valence-corrected chi connectivity index (χ4v) is 2.07. The summed E-state index contributed by atoms with van der Waals surface area (Å²) in [4.78, 5) is 14.0. The molecule has 0 spiro atoms. The van der Waals surface area contributed by atoms with Crippen molar-refractivity contribution in [2.75, 3.05) is 26.7 Å². The lowest BCUT2D eigenvalue weighted by Gasteiger charge is -2.31. The van der Waals surface area contributed by atoms with Crippen molar-refractivity contribution in [1.29, 1.82) is 0 Å². The molecule has 4 nitrogen and oxygen atoms in total. The van der Waals surface area contributed by atoms with E-state index in [9.17, 15) is 4.79 Å². The van der Waals surface area contributed by atoms with Crippen LogP contribution in [-0.2, 0) is 4.79 Å². The molecule has 1 aliphatic rings. The number of nitrogens with one attached hydrogen (secondary N) is 1. The molecule has 1 unspecified atom stereocenters. The Kier molecular flexibility index (Phi) is 4.98. The molecular weight excluding hydrogens is 210 g/mol. The van der Waals surface area contributed by atoms with Crippen LogP contribution in [0, 0.1) is 5.92 Å². The number of likely N-dealkylation sites (tertiary alicyclic amines) is 1. The molecule has 1 aliphatic heterocycles. The molecule has 0 aromatic rings. The summed E-state index contributed by atoms with van der Waals surface area (Å²) < 4.78 is 0. The van der Waals surface area contributed by atoms with E-state index in [4.69, 9.17) is 18.0 Å². The maximum atomic E-state index is 11.1. The molecular formula is C10H19N3OS. The predicted octanol–water partition coefficient (Wildman–Crippen LogP) is 0.121. The first kappa shape index (κ1) is 12.4. The standard InChI is InChI=1S/C10H19N3OS/c1-12-9(14)4-6-13-5-2-3-8(7-13)10(11)15/h8H,2-7H2,1H3,(H2,11,15)(H,12,14). The highest BCUT2D eigenvalue weighted by Crippen LogP contribution is 2.16. The minimum absolute atomic E-state index is 0.0902. The van der Waals surface area contributed by atoms with Crippen molar-refractivity contribution in [1.82, 2.24) is 10.2 Å². The van der Waals surface area contributed by atoms with Crippen LogP contribution in [0.1, 0.15) is 19.3 Å². The number of amides is 1. The van der Waals surface area contributed by atoms with Crippen LogP contribution in [0.2, 0.25) is 0 Å². The topological polar surface area (TPSA) is 58.4 Å². The lowest BCUT2D eigenvalue weighted by Crippen LogP contribution is -2.41. The number of nitrogens with two attached hydrogens (primary N) is 1. The molecule has 0 aromatic carbocycles. The van der Waals surface area contributed by atoms with Gasteiger partial charge < -0.3 is 16.0 Å². The summed E-state index contributed by atoms with van der Waals surface area (Å²) in [5.41, 5.74) is 5.64. The van der Waals surface area contributed by atoms with Gasteiger partial charge in [0.25, 0.3) is 0 Å². The Morgan fingerprint density at radius 1 is 1.67 bits per heavy atom. The van der Waals surface area contributed by atoms with Crippen LogP contribution >= 0.6 is 12.2 Å². The number of hydrogen-bond acceptors (Lipinski definition) is 3. The lowest BCUT2D eigenvalue weighted by atomic mass is 9.98. The summed E-state index contributed by atoms with van der Waals surface area (Å²) >= 11 is 5.00. The van der Waals surface area contributed by atoms with Crippen molar-refractivity contribution in [3.8, 4) is 0 Å². The van der Waals surface area contributed by atoms with Crippen molar-refractivity contribution < 1.29 is 4.79 Å². The van der Waals surface area contributed by atoms with E-state index in [2.05, 4.69) is 10.2 Å². The Bertz CT molecular complexity index is 245. The van der Waals surface area contributed by atoms with Gasteiger partial charge in [-0.2, -0.15) is 0 Å². The fraction of sp³-hybridized carbons (Fsp3) is 0.800. The van der Waals surface area contributed by atoms with E-state index < -0.39 is 0 Å². The van der Waals surface area contributed by atoms with E-state index in [1.54, 1.807) is 7.05 Å². The molecule has 0 aliphatic carbocycles. The van der Waals surface area contributed by atoms with Crippen LogP contribution in [0.15, 0.2) is 0 Å². The van der Waals surface area contributed by atoms with Gasteiger partial charge in [-0.3, -0.25) is 4.79 Å². The van der Waals surface area contributed by atoms with E-state index in [1.165, 1.54) is 0 Å². The Hall–Kier alpha value is -0.680. The third-order valence-electron chi connectivity index (χ3n) is 2.84. The van der Waals surface area contributed by atoms with Crippen LogP contribution < -0.4 is 11.1 Å². The van der Waals surface area contributed by atoms with Crippen LogP contribution in [-0.4, -0.2) is 42.5 Å². The summed E-state index contributed by atoms with van der Waals surface area (Å²) in [5, 5.41) is 2.62. The van der Waals surface area contributed by atoms with Gasteiger partial charge in [0.2, 0.25) is 5.91 Å². The molecule has 1 atom stereocenters. The number of rotatable bonds is 4. The molecule has 1 rings (SSSR count). The second kappa shape index (κ2) is 6.02. The highest BCUT2D eigenvalue weighted by molar-refractivity contribution is 7.80. The van der Waals surface area contributed by atoms with Gasteiger partial charge in [-0.05, 0) is 19.4 Å². The van der Waals surface area contributed by atoms with Crippen LogP contribution in [0.3, 0.4) is 0 Å². The highest BCUT2D eigenvalue weighted by Gasteiger charge is 2.21. The van der Waals surface area contributed by atoms with Crippen molar-refractivity contribution >= 4 is 23.1 Å². The van der Waals surface area contributed by atoms with Crippen molar-refractivity contribution in [2.45, 2.75) is 19.3 Å². The third kappa shape index (κ3) is 4.13. The highest BCUT2D eigenvalue weighted by atomic mass is 32.1. The molecule has 1 saturated heterocycles. The van der Waals surface area contributed by atoms with Gasteiger partial charge in [-0.15, -0.1) is 0 Å². The summed E-state index contributed by atoms with van der Waals surface area (Å²) in [5.74, 6) is 0.422. The molecule has 0 bridgehead atoms. The van der Waals surface area contributed by atoms with Crippen LogP contribution in [0.25, 0.3) is 0 Å². The summed E-state index contributed by atoms with van der Waals surface area (Å²) in [6.07, 6.45) is 2.77. The summed E-state index contributed by atoms with van der Waals surface area (Å²) in [6, 6.07) is 0. The molecule has 1 heterocycles. The minimum atomic E-state index is 0.0902. The second-order valence-corrected chi connectivity index (χ2v) is 4.44. The van der Waals surface area contributed by atoms with Gasteiger partial charge in [-0.25, -0.2) is 0 Å². The van der Waals surface area contributed by atoms with Gasteiger partial charge >= 0.3 is 0 Å². The number of nitrogens with zero attached hydrogens (tertiary/aromatic N) is 1. The minimum Gasteiger partial charge on any atom is -0.393 e. The van der Waals surface area contributed by atoms with E-state index in [1.807, 2.05) is 0 Å². The van der Waals surface area contributed by atoms with Gasteiger partial charge in [-0.1, -0.05) is 12.2 Å². The zero-order chi connectivity index (χ0) is 11.3. The molecule has 0 aromatic heterocycles. The van der Waals surface area contributed by atoms with Gasteiger partial charge in [0.05, 0.1) is 4.99 Å². The zero-order valence-electron chi connectivity index (χ0n) is 9.16. The summed E-state index contributed by atoms with van der Waals surface area (Å²) in [6.45, 7) is 2.77. The smallest absolute Gasteiger partial charge is 0.221 e. The van der Waals surface area contributed by atoms with Crippen LogP contribution in [0.4, 0.5) is 0 Å². The largest absolute Gasteiger partial charge is 0.393 e. The number of thiocarbonyl (C=S) groups is 1. The number of piperidine rings is 1. The molecule has 86 valence electrons. The van der Waals surface area contributed by atoms with Gasteiger partial charge in [0.15, 0.2) is 0 Å². The van der Waals surface area contributed by atoms with E-state index in [0.29, 0.717) is 17.3 Å². The zero-order valence-corrected chi connectivity index (χ0v) is 9.98.